The van der Waals surface area contributed by atoms with Gasteiger partial charge in [0.25, 0.3) is 0 Å². The number of halogens is 1. The third-order valence-corrected chi connectivity index (χ3v) is 5.15. The van der Waals surface area contributed by atoms with Gasteiger partial charge in [0.1, 0.15) is 0 Å². The molecule has 0 atom stereocenters. The smallest absolute Gasteiger partial charge is 0.161 e. The van der Waals surface area contributed by atoms with Gasteiger partial charge in [-0.2, -0.15) is 0 Å². The predicted molar refractivity (Wildman–Crippen MR) is 114 cm³/mol. The molecule has 0 saturated heterocycles. The third-order valence-electron chi connectivity index (χ3n) is 4.21. The first-order valence-corrected chi connectivity index (χ1v) is 10.2. The Labute approximate surface area is 168 Å². The molecule has 0 saturated carbocycles. The minimum atomic E-state index is 0. The third kappa shape index (κ3) is 7.56. The monoisotopic (exact) mass is 397 g/mol. The van der Waals surface area contributed by atoms with Crippen molar-refractivity contribution in [2.24, 2.45) is 0 Å². The van der Waals surface area contributed by atoms with Gasteiger partial charge in [-0.3, -0.25) is 0 Å². The first-order chi connectivity index (χ1) is 12.3. The average Bonchev–Trinajstić information content (AvgIpc) is 3.14. The van der Waals surface area contributed by atoms with E-state index in [1.807, 2.05) is 6.07 Å². The molecule has 0 aliphatic rings. The van der Waals surface area contributed by atoms with Crippen LogP contribution in [0.15, 0.2) is 35.7 Å². The summed E-state index contributed by atoms with van der Waals surface area (Å²) < 4.78 is 11.5. The lowest BCUT2D eigenvalue weighted by Crippen LogP contribution is -2.27. The highest BCUT2D eigenvalue weighted by molar-refractivity contribution is 7.09. The lowest BCUT2D eigenvalue weighted by molar-refractivity contribution is 0.277. The summed E-state index contributed by atoms with van der Waals surface area (Å²) in [6.07, 6.45) is 4.40. The first kappa shape index (κ1) is 22.8. The van der Waals surface area contributed by atoms with Crippen LogP contribution < -0.4 is 9.47 Å². The molecule has 0 fully saturated rings. The molecule has 0 aliphatic heterocycles. The molecule has 1 aromatic carbocycles. The fourth-order valence-corrected chi connectivity index (χ4v) is 3.65. The number of hydrogen-bond acceptors (Lipinski definition) is 4. The molecule has 1 aromatic heterocycles. The van der Waals surface area contributed by atoms with Crippen LogP contribution in [0.1, 0.15) is 37.1 Å². The highest BCUT2D eigenvalue weighted by atomic mass is 35.5. The Morgan fingerprint density at radius 2 is 1.73 bits per heavy atom. The van der Waals surface area contributed by atoms with Crippen molar-refractivity contribution in [3.8, 4) is 11.5 Å². The van der Waals surface area contributed by atoms with Crippen LogP contribution >= 0.6 is 23.7 Å². The summed E-state index contributed by atoms with van der Waals surface area (Å²) >= 11 is 1.77. The SMILES string of the molecule is CCCN(CCC)CCc1ccc(OC)c(OCCc2cccs2)c1.Cl. The number of benzene rings is 1. The van der Waals surface area contributed by atoms with E-state index in [4.69, 9.17) is 9.47 Å². The molecule has 2 rings (SSSR count). The van der Waals surface area contributed by atoms with Gasteiger partial charge < -0.3 is 14.4 Å². The quantitative estimate of drug-likeness (QED) is 0.474. The predicted octanol–water partition coefficient (Wildman–Crippen LogP) is 5.46. The number of thiophene rings is 1. The molecule has 0 N–H and O–H groups in total. The van der Waals surface area contributed by atoms with Crippen LogP contribution in [0.2, 0.25) is 0 Å². The van der Waals surface area contributed by atoms with Crippen molar-refractivity contribution in [2.75, 3.05) is 33.4 Å². The van der Waals surface area contributed by atoms with Gasteiger partial charge in [0.15, 0.2) is 11.5 Å². The molecule has 1 heterocycles. The summed E-state index contributed by atoms with van der Waals surface area (Å²) in [5, 5.41) is 2.11. The van der Waals surface area contributed by atoms with Gasteiger partial charge in [0, 0.05) is 17.8 Å². The topological polar surface area (TPSA) is 21.7 Å². The Morgan fingerprint density at radius 1 is 0.962 bits per heavy atom. The Bertz CT molecular complexity index is 598. The van der Waals surface area contributed by atoms with E-state index in [1.165, 1.54) is 36.4 Å². The van der Waals surface area contributed by atoms with Gasteiger partial charge in [-0.1, -0.05) is 26.0 Å². The Kier molecular flexibility index (Phi) is 11.4. The maximum atomic E-state index is 6.01. The summed E-state index contributed by atoms with van der Waals surface area (Å²) in [6, 6.07) is 10.6. The van der Waals surface area contributed by atoms with Crippen LogP contribution in [-0.2, 0) is 12.8 Å². The fraction of sp³-hybridized carbons (Fsp3) is 0.524. The molecular formula is C21H32ClNO2S. The van der Waals surface area contributed by atoms with Gasteiger partial charge in [0.2, 0.25) is 0 Å². The molecular weight excluding hydrogens is 366 g/mol. The van der Waals surface area contributed by atoms with Crippen molar-refractivity contribution >= 4 is 23.7 Å². The zero-order valence-corrected chi connectivity index (χ0v) is 17.8. The van der Waals surface area contributed by atoms with Crippen molar-refractivity contribution < 1.29 is 9.47 Å². The molecule has 5 heteroatoms. The maximum absolute atomic E-state index is 6.01. The van der Waals surface area contributed by atoms with Crippen molar-refractivity contribution in [2.45, 2.75) is 39.5 Å². The van der Waals surface area contributed by atoms with Crippen molar-refractivity contribution in [3.63, 3.8) is 0 Å². The van der Waals surface area contributed by atoms with Crippen LogP contribution in [0.5, 0.6) is 11.5 Å². The number of hydrogen-bond donors (Lipinski definition) is 0. The molecule has 0 amide bonds. The number of rotatable bonds is 12. The van der Waals surface area contributed by atoms with E-state index in [2.05, 4.69) is 48.4 Å². The van der Waals surface area contributed by atoms with Crippen LogP contribution in [0.3, 0.4) is 0 Å². The van der Waals surface area contributed by atoms with E-state index in [-0.39, 0.29) is 12.4 Å². The lowest BCUT2D eigenvalue weighted by Gasteiger charge is -2.21. The normalized spacial score (nSPS) is 10.6. The first-order valence-electron chi connectivity index (χ1n) is 9.31. The number of nitrogens with zero attached hydrogens (tertiary/aromatic N) is 1. The minimum absolute atomic E-state index is 0. The molecule has 26 heavy (non-hydrogen) atoms. The molecule has 3 nitrogen and oxygen atoms in total. The van der Waals surface area contributed by atoms with Crippen LogP contribution in [0, 0.1) is 0 Å². The van der Waals surface area contributed by atoms with Crippen LogP contribution in [0.25, 0.3) is 0 Å². The minimum Gasteiger partial charge on any atom is -0.493 e. The molecule has 146 valence electrons. The molecule has 0 aliphatic carbocycles. The molecule has 0 unspecified atom stereocenters. The Hall–Kier alpha value is -1.23. The van der Waals surface area contributed by atoms with Crippen molar-refractivity contribution in [1.29, 1.82) is 0 Å². The van der Waals surface area contributed by atoms with E-state index in [0.717, 1.165) is 30.9 Å². The van der Waals surface area contributed by atoms with Crippen molar-refractivity contribution in [3.05, 3.63) is 46.2 Å². The zero-order valence-electron chi connectivity index (χ0n) is 16.2. The summed E-state index contributed by atoms with van der Waals surface area (Å²) in [5.41, 5.74) is 1.31. The second-order valence-corrected chi connectivity index (χ2v) is 7.29. The standard InChI is InChI=1S/C21H31NO2S.ClH/c1-4-12-22(13-5-2)14-10-18-8-9-20(23-3)21(17-18)24-15-11-19-7-6-16-25-19;/h6-9,16-17H,4-5,10-15H2,1-3H3;1H. The van der Waals surface area contributed by atoms with Crippen LogP contribution in [0.4, 0.5) is 0 Å². The number of methoxy groups -OCH3 is 1. The average molecular weight is 398 g/mol. The number of ether oxygens (including phenoxy) is 2. The summed E-state index contributed by atoms with van der Waals surface area (Å²) in [6.45, 7) is 8.62. The van der Waals surface area contributed by atoms with E-state index < -0.39 is 0 Å². The van der Waals surface area contributed by atoms with E-state index >= 15 is 0 Å². The van der Waals surface area contributed by atoms with Crippen molar-refractivity contribution in [1.82, 2.24) is 4.90 Å². The van der Waals surface area contributed by atoms with Gasteiger partial charge >= 0.3 is 0 Å². The summed E-state index contributed by atoms with van der Waals surface area (Å²) in [4.78, 5) is 3.89. The molecule has 0 bridgehead atoms. The van der Waals surface area contributed by atoms with Crippen LogP contribution in [-0.4, -0.2) is 38.3 Å². The highest BCUT2D eigenvalue weighted by Gasteiger charge is 2.08. The van der Waals surface area contributed by atoms with E-state index in [1.54, 1.807) is 18.4 Å². The fourth-order valence-electron chi connectivity index (χ4n) is 2.96. The van der Waals surface area contributed by atoms with Gasteiger partial charge in [-0.05, 0) is 61.5 Å². The van der Waals surface area contributed by atoms with Gasteiger partial charge in [0.05, 0.1) is 13.7 Å². The Balaban J connectivity index is 0.00000338. The molecule has 2 aromatic rings. The second kappa shape index (κ2) is 13.0. The summed E-state index contributed by atoms with van der Waals surface area (Å²) in [5.74, 6) is 1.67. The Morgan fingerprint density at radius 3 is 2.35 bits per heavy atom. The maximum Gasteiger partial charge on any atom is 0.161 e. The molecule has 0 radical (unpaired) electrons. The van der Waals surface area contributed by atoms with E-state index in [9.17, 15) is 0 Å². The largest absolute Gasteiger partial charge is 0.493 e. The second-order valence-electron chi connectivity index (χ2n) is 6.25. The summed E-state index contributed by atoms with van der Waals surface area (Å²) in [7, 11) is 1.70. The lowest BCUT2D eigenvalue weighted by atomic mass is 10.1. The molecule has 0 spiro atoms. The van der Waals surface area contributed by atoms with E-state index in [0.29, 0.717) is 6.61 Å². The van der Waals surface area contributed by atoms with Gasteiger partial charge in [-0.25, -0.2) is 0 Å². The van der Waals surface area contributed by atoms with Gasteiger partial charge in [-0.15, -0.1) is 23.7 Å². The zero-order chi connectivity index (χ0) is 17.9. The highest BCUT2D eigenvalue weighted by Crippen LogP contribution is 2.28.